The van der Waals surface area contributed by atoms with Crippen molar-refractivity contribution in [2.75, 3.05) is 0 Å². The Morgan fingerprint density at radius 3 is 2.50 bits per heavy atom. The van der Waals surface area contributed by atoms with E-state index < -0.39 is 17.5 Å². The molecule has 1 saturated heterocycles. The molecule has 2 N–H and O–H groups in total. The van der Waals surface area contributed by atoms with Crippen molar-refractivity contribution in [3.05, 3.63) is 0 Å². The molecule has 0 saturated carbocycles. The van der Waals surface area contributed by atoms with Gasteiger partial charge < -0.3 is 10.1 Å². The van der Waals surface area contributed by atoms with Gasteiger partial charge in [0.1, 0.15) is 0 Å². The molecule has 0 aromatic carbocycles. The SMILES string of the molecule is CCCCCC1(C=O)NC(=O)NC1=O. The zero-order chi connectivity index (χ0) is 10.6. The van der Waals surface area contributed by atoms with E-state index in [4.69, 9.17) is 0 Å². The summed E-state index contributed by atoms with van der Waals surface area (Å²) in [4.78, 5) is 33.0. The Morgan fingerprint density at radius 2 is 2.07 bits per heavy atom. The van der Waals surface area contributed by atoms with Crippen molar-refractivity contribution in [3.8, 4) is 0 Å². The van der Waals surface area contributed by atoms with E-state index in [2.05, 4.69) is 10.6 Å². The Kier molecular flexibility index (Phi) is 3.22. The Balaban J connectivity index is 2.62. The van der Waals surface area contributed by atoms with Gasteiger partial charge in [-0.25, -0.2) is 4.79 Å². The Morgan fingerprint density at radius 1 is 1.36 bits per heavy atom. The first-order valence-electron chi connectivity index (χ1n) is 4.74. The van der Waals surface area contributed by atoms with E-state index in [-0.39, 0.29) is 0 Å². The quantitative estimate of drug-likeness (QED) is 0.289. The van der Waals surface area contributed by atoms with Crippen LogP contribution < -0.4 is 10.6 Å². The van der Waals surface area contributed by atoms with Crippen LogP contribution in [0.15, 0.2) is 0 Å². The fourth-order valence-electron chi connectivity index (χ4n) is 1.48. The molecular weight excluding hydrogens is 184 g/mol. The van der Waals surface area contributed by atoms with Gasteiger partial charge in [0.2, 0.25) is 0 Å². The van der Waals surface area contributed by atoms with Crippen LogP contribution in [0.25, 0.3) is 0 Å². The fraction of sp³-hybridized carbons (Fsp3) is 0.667. The lowest BCUT2D eigenvalue weighted by molar-refractivity contribution is -0.129. The first-order chi connectivity index (χ1) is 6.64. The number of urea groups is 1. The van der Waals surface area contributed by atoms with Crippen molar-refractivity contribution in [3.63, 3.8) is 0 Å². The summed E-state index contributed by atoms with van der Waals surface area (Å²) in [5.41, 5.74) is -1.31. The van der Waals surface area contributed by atoms with Gasteiger partial charge in [-0.3, -0.25) is 10.1 Å². The summed E-state index contributed by atoms with van der Waals surface area (Å²) >= 11 is 0. The third kappa shape index (κ3) is 1.92. The van der Waals surface area contributed by atoms with Crippen molar-refractivity contribution in [2.24, 2.45) is 0 Å². The normalized spacial score (nSPS) is 25.8. The summed E-state index contributed by atoms with van der Waals surface area (Å²) in [5.74, 6) is -0.534. The van der Waals surface area contributed by atoms with Crippen LogP contribution in [0.1, 0.15) is 32.6 Å². The van der Waals surface area contributed by atoms with Crippen LogP contribution in [0, 0.1) is 0 Å². The molecule has 0 bridgehead atoms. The second-order valence-corrected chi connectivity index (χ2v) is 3.45. The molecule has 1 fully saturated rings. The zero-order valence-corrected chi connectivity index (χ0v) is 8.13. The molecule has 0 aliphatic carbocycles. The predicted molar refractivity (Wildman–Crippen MR) is 49.6 cm³/mol. The third-order valence-electron chi connectivity index (χ3n) is 2.34. The van der Waals surface area contributed by atoms with Gasteiger partial charge in [-0.05, 0) is 6.42 Å². The topological polar surface area (TPSA) is 75.3 Å². The summed E-state index contributed by atoms with van der Waals surface area (Å²) < 4.78 is 0. The zero-order valence-electron chi connectivity index (χ0n) is 8.13. The Hall–Kier alpha value is -1.39. The number of imide groups is 1. The van der Waals surface area contributed by atoms with Crippen molar-refractivity contribution >= 4 is 18.2 Å². The first kappa shape index (κ1) is 10.7. The molecule has 0 aromatic heterocycles. The minimum Gasteiger partial charge on any atom is -0.317 e. The van der Waals surface area contributed by atoms with Gasteiger partial charge in [-0.15, -0.1) is 0 Å². The average molecular weight is 198 g/mol. The van der Waals surface area contributed by atoms with Gasteiger partial charge >= 0.3 is 6.03 Å². The van der Waals surface area contributed by atoms with E-state index >= 15 is 0 Å². The molecule has 1 aliphatic rings. The van der Waals surface area contributed by atoms with Crippen LogP contribution in [0.3, 0.4) is 0 Å². The Labute approximate surface area is 82.2 Å². The van der Waals surface area contributed by atoms with E-state index in [0.717, 1.165) is 19.3 Å². The van der Waals surface area contributed by atoms with E-state index in [9.17, 15) is 14.4 Å². The van der Waals surface area contributed by atoms with Crippen molar-refractivity contribution < 1.29 is 14.4 Å². The van der Waals surface area contributed by atoms with E-state index in [0.29, 0.717) is 12.7 Å². The molecule has 0 radical (unpaired) electrons. The number of carbonyl (C=O) groups excluding carboxylic acids is 3. The summed E-state index contributed by atoms with van der Waals surface area (Å²) in [6.07, 6.45) is 3.59. The molecule has 0 aromatic rings. The third-order valence-corrected chi connectivity index (χ3v) is 2.34. The maximum atomic E-state index is 11.3. The van der Waals surface area contributed by atoms with Gasteiger partial charge in [-0.1, -0.05) is 26.2 Å². The number of hydrogen-bond acceptors (Lipinski definition) is 3. The highest BCUT2D eigenvalue weighted by atomic mass is 16.2. The summed E-state index contributed by atoms with van der Waals surface area (Å²) in [6.45, 7) is 2.03. The average Bonchev–Trinajstić information content (AvgIpc) is 2.43. The first-order valence-corrected chi connectivity index (χ1v) is 4.74. The number of amides is 3. The monoisotopic (exact) mass is 198 g/mol. The number of nitrogens with one attached hydrogen (secondary N) is 2. The molecule has 1 rings (SSSR count). The molecule has 1 atom stereocenters. The van der Waals surface area contributed by atoms with Crippen LogP contribution >= 0.6 is 0 Å². The number of unbranched alkanes of at least 4 members (excludes halogenated alkanes) is 2. The summed E-state index contributed by atoms with van der Waals surface area (Å²) in [7, 11) is 0. The largest absolute Gasteiger partial charge is 0.322 e. The van der Waals surface area contributed by atoms with Crippen LogP contribution in [-0.2, 0) is 9.59 Å². The number of carbonyl (C=O) groups is 3. The molecule has 78 valence electrons. The molecule has 0 spiro atoms. The van der Waals surface area contributed by atoms with Gasteiger partial charge in [0, 0.05) is 0 Å². The van der Waals surface area contributed by atoms with Crippen molar-refractivity contribution in [1.29, 1.82) is 0 Å². The molecule has 14 heavy (non-hydrogen) atoms. The second kappa shape index (κ2) is 4.21. The molecule has 3 amide bonds. The molecular formula is C9H14N2O3. The molecule has 1 aliphatic heterocycles. The lowest BCUT2D eigenvalue weighted by atomic mass is 9.94. The van der Waals surface area contributed by atoms with Crippen molar-refractivity contribution in [1.82, 2.24) is 10.6 Å². The maximum absolute atomic E-state index is 11.3. The predicted octanol–water partition coefficient (Wildman–Crippen LogP) is 0.344. The molecule has 1 unspecified atom stereocenters. The van der Waals surface area contributed by atoms with Gasteiger partial charge in [0.05, 0.1) is 0 Å². The maximum Gasteiger partial charge on any atom is 0.322 e. The highest BCUT2D eigenvalue weighted by molar-refractivity contribution is 6.15. The van der Waals surface area contributed by atoms with Gasteiger partial charge in [0.15, 0.2) is 11.8 Å². The van der Waals surface area contributed by atoms with Crippen LogP contribution in [0.2, 0.25) is 0 Å². The van der Waals surface area contributed by atoms with Crippen LogP contribution in [-0.4, -0.2) is 23.8 Å². The second-order valence-electron chi connectivity index (χ2n) is 3.45. The van der Waals surface area contributed by atoms with E-state index in [1.165, 1.54) is 0 Å². The summed E-state index contributed by atoms with van der Waals surface area (Å²) in [6, 6.07) is -0.585. The van der Waals surface area contributed by atoms with Crippen LogP contribution in [0.4, 0.5) is 4.79 Å². The minimum absolute atomic E-state index is 0.377. The minimum atomic E-state index is -1.31. The standard InChI is InChI=1S/C9H14N2O3/c1-2-3-4-5-9(6-12)7(13)10-8(14)11-9/h6H,2-5H2,1H3,(H2,10,11,13,14). The fourth-order valence-corrected chi connectivity index (χ4v) is 1.48. The number of hydrogen-bond donors (Lipinski definition) is 2. The highest BCUT2D eigenvalue weighted by Crippen LogP contribution is 2.16. The molecule has 1 heterocycles. The van der Waals surface area contributed by atoms with Crippen LogP contribution in [0.5, 0.6) is 0 Å². The van der Waals surface area contributed by atoms with Gasteiger partial charge in [-0.2, -0.15) is 0 Å². The number of aldehydes is 1. The highest BCUT2D eigenvalue weighted by Gasteiger charge is 2.45. The Bertz CT molecular complexity index is 265. The van der Waals surface area contributed by atoms with E-state index in [1.54, 1.807) is 0 Å². The van der Waals surface area contributed by atoms with Crippen molar-refractivity contribution in [2.45, 2.75) is 38.1 Å². The molecule has 5 heteroatoms. The van der Waals surface area contributed by atoms with E-state index in [1.807, 2.05) is 6.92 Å². The lowest BCUT2D eigenvalue weighted by Gasteiger charge is -2.17. The lowest BCUT2D eigenvalue weighted by Crippen LogP contribution is -2.48. The van der Waals surface area contributed by atoms with Gasteiger partial charge in [0.25, 0.3) is 5.91 Å². The molecule has 5 nitrogen and oxygen atoms in total. The smallest absolute Gasteiger partial charge is 0.317 e. The summed E-state index contributed by atoms with van der Waals surface area (Å²) in [5, 5.41) is 4.42. The number of rotatable bonds is 5.